The zero-order valence-electron chi connectivity index (χ0n) is 17.5. The topological polar surface area (TPSA) is 104 Å². The van der Waals surface area contributed by atoms with Crippen molar-refractivity contribution in [1.82, 2.24) is 19.4 Å². The Hall–Kier alpha value is -3.63. The maximum absolute atomic E-state index is 14.6. The lowest BCUT2D eigenvalue weighted by molar-refractivity contribution is -0.0401. The number of imidazole rings is 1. The number of nitrogens with zero attached hydrogens (tertiary/aromatic N) is 4. The number of rotatable bonds is 5. The van der Waals surface area contributed by atoms with Crippen LogP contribution in [0.5, 0.6) is 0 Å². The summed E-state index contributed by atoms with van der Waals surface area (Å²) in [5, 5.41) is 2.72. The Balaban J connectivity index is 1.41. The third-order valence-corrected chi connectivity index (χ3v) is 5.07. The van der Waals surface area contributed by atoms with E-state index >= 15 is 0 Å². The number of nitrogens with one attached hydrogen (secondary N) is 1. The predicted octanol–water partition coefficient (Wildman–Crippen LogP) is 3.31. The molecule has 0 radical (unpaired) electrons. The molecule has 1 amide bonds. The minimum Gasteiger partial charge on any atom is -0.436 e. The van der Waals surface area contributed by atoms with Crippen LogP contribution in [0.15, 0.2) is 41.2 Å². The quantitative estimate of drug-likeness (QED) is 0.511. The highest BCUT2D eigenvalue weighted by Crippen LogP contribution is 2.26. The molecule has 1 fully saturated rings. The van der Waals surface area contributed by atoms with E-state index in [0.29, 0.717) is 48.4 Å². The van der Waals surface area contributed by atoms with Crippen molar-refractivity contribution in [1.29, 1.82) is 0 Å². The first-order chi connectivity index (χ1) is 15.5. The van der Waals surface area contributed by atoms with Gasteiger partial charge in [0.2, 0.25) is 11.5 Å². The van der Waals surface area contributed by atoms with Gasteiger partial charge in [-0.1, -0.05) is 0 Å². The molecule has 1 saturated heterocycles. The van der Waals surface area contributed by atoms with Crippen molar-refractivity contribution in [3.05, 3.63) is 65.5 Å². The Kier molecular flexibility index (Phi) is 5.16. The normalized spacial score (nSPS) is 14.3. The molecule has 1 aliphatic rings. The van der Waals surface area contributed by atoms with Crippen LogP contribution < -0.4 is 5.32 Å². The lowest BCUT2D eigenvalue weighted by Gasteiger charge is -2.08. The predicted molar refractivity (Wildman–Crippen MR) is 112 cm³/mol. The van der Waals surface area contributed by atoms with Crippen LogP contribution in [0.1, 0.15) is 27.7 Å². The van der Waals surface area contributed by atoms with Gasteiger partial charge < -0.3 is 19.2 Å². The van der Waals surface area contributed by atoms with Crippen LogP contribution in [0.4, 0.5) is 10.1 Å². The molecule has 0 spiro atoms. The molecule has 4 heterocycles. The summed E-state index contributed by atoms with van der Waals surface area (Å²) in [5.74, 6) is 0.0196. The molecule has 1 N–H and O–H groups in total. The lowest BCUT2D eigenvalue weighted by Crippen LogP contribution is -2.12. The van der Waals surface area contributed by atoms with E-state index in [2.05, 4.69) is 20.3 Å². The number of anilines is 1. The number of aromatic nitrogens is 4. The third kappa shape index (κ3) is 3.97. The number of benzene rings is 1. The van der Waals surface area contributed by atoms with Gasteiger partial charge in [-0.2, -0.15) is 0 Å². The van der Waals surface area contributed by atoms with Gasteiger partial charge >= 0.3 is 0 Å². The number of carbonyl (C=O) groups is 1. The molecular formula is C22H20FN5O4. The fourth-order valence-electron chi connectivity index (χ4n) is 3.61. The minimum atomic E-state index is -0.467. The van der Waals surface area contributed by atoms with Crippen LogP contribution >= 0.6 is 0 Å². The van der Waals surface area contributed by atoms with Crippen molar-refractivity contribution in [3.8, 4) is 11.3 Å². The summed E-state index contributed by atoms with van der Waals surface area (Å²) in [4.78, 5) is 25.4. The highest BCUT2D eigenvalue weighted by Gasteiger charge is 2.19. The van der Waals surface area contributed by atoms with Crippen LogP contribution in [0, 0.1) is 19.7 Å². The van der Waals surface area contributed by atoms with E-state index in [9.17, 15) is 9.18 Å². The highest BCUT2D eigenvalue weighted by molar-refractivity contribution is 6.03. The fraction of sp³-hybridized carbons (Fsp3) is 0.273. The van der Waals surface area contributed by atoms with Gasteiger partial charge in [0.1, 0.15) is 5.82 Å². The van der Waals surface area contributed by atoms with E-state index in [4.69, 9.17) is 13.9 Å². The van der Waals surface area contributed by atoms with E-state index in [0.717, 1.165) is 5.56 Å². The van der Waals surface area contributed by atoms with Crippen molar-refractivity contribution in [2.45, 2.75) is 26.6 Å². The van der Waals surface area contributed by atoms with Crippen LogP contribution in [-0.2, 0) is 15.9 Å². The molecule has 0 aliphatic carbocycles. The zero-order valence-corrected chi connectivity index (χ0v) is 17.5. The van der Waals surface area contributed by atoms with Crippen molar-refractivity contribution < 1.29 is 23.1 Å². The van der Waals surface area contributed by atoms with Crippen LogP contribution in [0.25, 0.3) is 17.0 Å². The summed E-state index contributed by atoms with van der Waals surface area (Å²) in [7, 11) is 0. The number of oxazole rings is 1. The molecule has 0 unspecified atom stereocenters. The molecule has 164 valence electrons. The Morgan fingerprint density at radius 2 is 2.03 bits per heavy atom. The van der Waals surface area contributed by atoms with Crippen LogP contribution in [0.2, 0.25) is 0 Å². The Morgan fingerprint density at radius 3 is 2.78 bits per heavy atom. The van der Waals surface area contributed by atoms with Gasteiger partial charge in [0.25, 0.3) is 5.91 Å². The van der Waals surface area contributed by atoms with Gasteiger partial charge in [0.15, 0.2) is 12.2 Å². The second-order valence-electron chi connectivity index (χ2n) is 7.47. The summed E-state index contributed by atoms with van der Waals surface area (Å²) in [6, 6.07) is 4.28. The number of ether oxygens (including phenoxy) is 2. The van der Waals surface area contributed by atoms with Gasteiger partial charge in [0, 0.05) is 43.2 Å². The summed E-state index contributed by atoms with van der Waals surface area (Å²) < 4.78 is 32.6. The number of carbonyl (C=O) groups excluding carboxylic acids is 1. The van der Waals surface area contributed by atoms with E-state index < -0.39 is 11.7 Å². The molecule has 10 heteroatoms. The molecular weight excluding hydrogens is 417 g/mol. The minimum absolute atomic E-state index is 0.119. The van der Waals surface area contributed by atoms with Gasteiger partial charge in [-0.3, -0.25) is 9.20 Å². The Bertz CT molecular complexity index is 1310. The first-order valence-electron chi connectivity index (χ1n) is 10.1. The summed E-state index contributed by atoms with van der Waals surface area (Å²) >= 11 is 0. The molecule has 1 aliphatic heterocycles. The van der Waals surface area contributed by atoms with Gasteiger partial charge in [-0.25, -0.2) is 19.3 Å². The smallest absolute Gasteiger partial charge is 0.293 e. The Labute approximate surface area is 182 Å². The molecule has 1 aromatic carbocycles. The van der Waals surface area contributed by atoms with E-state index in [1.807, 2.05) is 6.20 Å². The maximum Gasteiger partial charge on any atom is 0.293 e. The molecule has 4 aromatic rings. The molecule has 32 heavy (non-hydrogen) atoms. The number of aryl methyl sites for hydroxylation is 2. The van der Waals surface area contributed by atoms with Crippen molar-refractivity contribution in [2.75, 3.05) is 18.5 Å². The lowest BCUT2D eigenvalue weighted by atomic mass is 10.1. The molecule has 0 atom stereocenters. The van der Waals surface area contributed by atoms with Gasteiger partial charge in [-0.05, 0) is 30.7 Å². The monoisotopic (exact) mass is 437 g/mol. The average Bonchev–Trinajstić information content (AvgIpc) is 3.49. The molecule has 9 nitrogen and oxygen atoms in total. The highest BCUT2D eigenvalue weighted by atomic mass is 19.1. The van der Waals surface area contributed by atoms with Crippen molar-refractivity contribution in [2.24, 2.45) is 0 Å². The summed E-state index contributed by atoms with van der Waals surface area (Å²) in [6.07, 6.45) is 5.53. The molecule has 0 saturated carbocycles. The number of hydrogen-bond acceptors (Lipinski definition) is 7. The largest absolute Gasteiger partial charge is 0.436 e. The number of amides is 1. The summed E-state index contributed by atoms with van der Waals surface area (Å²) in [5.41, 5.74) is 2.43. The van der Waals surface area contributed by atoms with Crippen molar-refractivity contribution in [3.63, 3.8) is 0 Å². The number of hydrogen-bond donors (Lipinski definition) is 1. The third-order valence-electron chi connectivity index (χ3n) is 5.07. The fourth-order valence-corrected chi connectivity index (χ4v) is 3.61. The Morgan fingerprint density at radius 1 is 1.22 bits per heavy atom. The zero-order chi connectivity index (χ0) is 22.2. The standard InChI is InChI=1S/C22H20FN5O4/c1-12-20(32-13(2)25-12)21(29)26-15-3-4-17(23)16(8-15)18-11-28-10-14(9-24-22(28)27-18)7-19-30-5-6-31-19/h3-4,8-11,19H,5-7H2,1-2H3,(H,26,29). The second-order valence-corrected chi connectivity index (χ2v) is 7.47. The average molecular weight is 437 g/mol. The van der Waals surface area contributed by atoms with Gasteiger partial charge in [-0.15, -0.1) is 0 Å². The number of fused-ring (bicyclic) bond motifs is 1. The van der Waals surface area contributed by atoms with E-state index in [1.165, 1.54) is 18.2 Å². The van der Waals surface area contributed by atoms with E-state index in [-0.39, 0.29) is 17.6 Å². The van der Waals surface area contributed by atoms with Crippen LogP contribution in [-0.4, -0.2) is 44.8 Å². The number of halogens is 1. The summed E-state index contributed by atoms with van der Waals surface area (Å²) in [6.45, 7) is 4.51. The second kappa shape index (κ2) is 8.13. The maximum atomic E-state index is 14.6. The molecule has 5 rings (SSSR count). The first kappa shape index (κ1) is 20.3. The van der Waals surface area contributed by atoms with E-state index in [1.54, 1.807) is 30.6 Å². The molecule has 3 aromatic heterocycles. The first-order valence-corrected chi connectivity index (χ1v) is 10.1. The SMILES string of the molecule is Cc1nc(C)c(C(=O)Nc2ccc(F)c(-c3cn4cc(CC5OCCO5)cnc4n3)c2)o1. The van der Waals surface area contributed by atoms with Crippen molar-refractivity contribution >= 4 is 17.4 Å². The van der Waals surface area contributed by atoms with Gasteiger partial charge in [0.05, 0.1) is 24.6 Å². The molecule has 0 bridgehead atoms. The van der Waals surface area contributed by atoms with Crippen LogP contribution in [0.3, 0.4) is 0 Å².